The van der Waals surface area contributed by atoms with E-state index in [4.69, 9.17) is 4.42 Å². The molecule has 0 amide bonds. The molecule has 0 aliphatic carbocycles. The van der Waals surface area contributed by atoms with Crippen LogP contribution >= 0.6 is 0 Å². The minimum absolute atomic E-state index is 0. The molecule has 0 aliphatic rings. The van der Waals surface area contributed by atoms with E-state index in [1.807, 2.05) is 12.1 Å². The van der Waals surface area contributed by atoms with E-state index in [1.165, 1.54) is 71.6 Å². The zero-order valence-corrected chi connectivity index (χ0v) is 35.0. The van der Waals surface area contributed by atoms with Crippen molar-refractivity contribution in [3.63, 3.8) is 0 Å². The number of fused-ring (bicyclic) bond motifs is 5. The molecule has 0 fully saturated rings. The third-order valence-corrected chi connectivity index (χ3v) is 12.6. The maximum atomic E-state index is 6.46. The van der Waals surface area contributed by atoms with Crippen LogP contribution in [0.2, 0.25) is 0 Å². The Kier molecular flexibility index (Phi) is 10.1. The number of rotatable bonds is 8. The zero-order chi connectivity index (χ0) is 42.4. The Morgan fingerprint density at radius 3 is 1.43 bits per heavy atom. The largest absolute Gasteiger partial charge is 0.456 e. The Hall–Kier alpha value is -8.46. The molecular weight excluding hydrogens is 787 g/mol. The van der Waals surface area contributed by atoms with Gasteiger partial charge in [0.15, 0.2) is 0 Å². The van der Waals surface area contributed by atoms with Gasteiger partial charge in [0.1, 0.15) is 11.2 Å². The van der Waals surface area contributed by atoms with Crippen LogP contribution in [-0.4, -0.2) is 0 Å². The summed E-state index contributed by atoms with van der Waals surface area (Å²) in [7, 11) is 0. The van der Waals surface area contributed by atoms with Gasteiger partial charge in [0.25, 0.3) is 0 Å². The summed E-state index contributed by atoms with van der Waals surface area (Å²) in [5, 5.41) is 7.03. The smallest absolute Gasteiger partial charge is 0.137 e. The van der Waals surface area contributed by atoms with Gasteiger partial charge in [-0.05, 0) is 108 Å². The van der Waals surface area contributed by atoms with Crippen LogP contribution in [-0.2, 0) is 0 Å². The van der Waals surface area contributed by atoms with Crippen LogP contribution in [0.1, 0.15) is 7.43 Å². The summed E-state index contributed by atoms with van der Waals surface area (Å²) in [4.78, 5) is 2.37. The summed E-state index contributed by atoms with van der Waals surface area (Å²) in [6, 6.07) is 89.8. The normalized spacial score (nSPS) is 11.3. The van der Waals surface area contributed by atoms with Gasteiger partial charge in [-0.25, -0.2) is 0 Å². The van der Waals surface area contributed by atoms with Crippen LogP contribution in [0, 0.1) is 0 Å². The highest BCUT2D eigenvalue weighted by Gasteiger charge is 2.26. The molecule has 0 bridgehead atoms. The lowest BCUT2D eigenvalue weighted by Gasteiger charge is -2.27. The quantitative estimate of drug-likeness (QED) is 0.152. The highest BCUT2D eigenvalue weighted by Crippen LogP contribution is 2.53. The van der Waals surface area contributed by atoms with E-state index in [0.29, 0.717) is 0 Å². The summed E-state index contributed by atoms with van der Waals surface area (Å²) in [6.45, 7) is 0. The number of anilines is 3. The highest BCUT2D eigenvalue weighted by molar-refractivity contribution is 6.22. The molecule has 0 N–H and O–H groups in total. The molecule has 0 unspecified atom stereocenters. The average Bonchev–Trinajstić information content (AvgIpc) is 3.75. The SMILES string of the molecule is C.c1ccc(-c2c(-c3ccccc3)c(-c3ccccc3)c3c(-c4ccc(N(c5ccc6c(c5)oc5ccccc56)c5cccc6ccccc56)cc4)cccc3c2-c2ccccc2)cc1. The maximum absolute atomic E-state index is 6.46. The molecule has 65 heavy (non-hydrogen) atoms. The fourth-order valence-corrected chi connectivity index (χ4v) is 9.84. The summed E-state index contributed by atoms with van der Waals surface area (Å²) in [6.07, 6.45) is 0. The Morgan fingerprint density at radius 2 is 0.769 bits per heavy atom. The van der Waals surface area contributed by atoms with Crippen LogP contribution in [0.15, 0.2) is 253 Å². The van der Waals surface area contributed by atoms with E-state index in [9.17, 15) is 0 Å². The molecule has 2 heteroatoms. The van der Waals surface area contributed by atoms with Crippen molar-refractivity contribution < 1.29 is 4.42 Å². The first-order valence-electron chi connectivity index (χ1n) is 21.9. The van der Waals surface area contributed by atoms with Crippen molar-refractivity contribution in [3.05, 3.63) is 249 Å². The first-order valence-corrected chi connectivity index (χ1v) is 21.9. The van der Waals surface area contributed by atoms with Crippen molar-refractivity contribution in [2.45, 2.75) is 7.43 Å². The minimum atomic E-state index is 0. The minimum Gasteiger partial charge on any atom is -0.456 e. The van der Waals surface area contributed by atoms with Crippen LogP contribution in [0.5, 0.6) is 0 Å². The molecule has 0 atom stereocenters. The van der Waals surface area contributed by atoms with Gasteiger partial charge in [-0.15, -0.1) is 0 Å². The Bertz CT molecular complexity index is 3630. The van der Waals surface area contributed by atoms with Gasteiger partial charge < -0.3 is 9.32 Å². The van der Waals surface area contributed by atoms with Gasteiger partial charge in [-0.2, -0.15) is 0 Å². The third kappa shape index (κ3) is 6.84. The second-order valence-corrected chi connectivity index (χ2v) is 16.4. The lowest BCUT2D eigenvalue weighted by atomic mass is 9.77. The number of nitrogens with zero attached hydrogens (tertiary/aromatic N) is 1. The molecule has 0 aliphatic heterocycles. The molecule has 0 saturated heterocycles. The molecule has 308 valence electrons. The highest BCUT2D eigenvalue weighted by atomic mass is 16.3. The molecule has 2 nitrogen and oxygen atoms in total. The Balaban J connectivity index is 0.00000469. The molecule has 1 aromatic heterocycles. The molecule has 0 spiro atoms. The van der Waals surface area contributed by atoms with Gasteiger partial charge in [0.2, 0.25) is 0 Å². The molecule has 12 aromatic rings. The number of hydrogen-bond donors (Lipinski definition) is 0. The first kappa shape index (κ1) is 39.4. The van der Waals surface area contributed by atoms with Gasteiger partial charge >= 0.3 is 0 Å². The van der Waals surface area contributed by atoms with E-state index in [2.05, 4.69) is 241 Å². The first-order chi connectivity index (χ1) is 31.8. The van der Waals surface area contributed by atoms with Crippen molar-refractivity contribution in [2.24, 2.45) is 0 Å². The predicted octanol–water partition coefficient (Wildman–Crippen LogP) is 18.3. The summed E-state index contributed by atoms with van der Waals surface area (Å²) in [5.41, 5.74) is 16.9. The van der Waals surface area contributed by atoms with Gasteiger partial charge in [0.05, 0.1) is 5.69 Å². The lowest BCUT2D eigenvalue weighted by molar-refractivity contribution is 0.669. The van der Waals surface area contributed by atoms with E-state index < -0.39 is 0 Å². The van der Waals surface area contributed by atoms with Crippen LogP contribution in [0.25, 0.3) is 99.1 Å². The number of hydrogen-bond acceptors (Lipinski definition) is 2. The number of para-hydroxylation sites is 1. The third-order valence-electron chi connectivity index (χ3n) is 12.6. The van der Waals surface area contributed by atoms with E-state index in [-0.39, 0.29) is 7.43 Å². The van der Waals surface area contributed by atoms with Gasteiger partial charge in [0, 0.05) is 33.6 Å². The Labute approximate surface area is 379 Å². The van der Waals surface area contributed by atoms with Gasteiger partial charge in [-0.1, -0.05) is 214 Å². The van der Waals surface area contributed by atoms with Crippen molar-refractivity contribution in [3.8, 4) is 55.6 Å². The second kappa shape index (κ2) is 16.7. The molecule has 0 saturated carbocycles. The van der Waals surface area contributed by atoms with Crippen molar-refractivity contribution in [1.82, 2.24) is 0 Å². The number of benzene rings is 11. The molecule has 11 aromatic carbocycles. The molecule has 0 radical (unpaired) electrons. The molecular formula is C63H45NO. The zero-order valence-electron chi connectivity index (χ0n) is 35.0. The summed E-state index contributed by atoms with van der Waals surface area (Å²) in [5.74, 6) is 0. The van der Waals surface area contributed by atoms with Crippen molar-refractivity contribution in [1.29, 1.82) is 0 Å². The fourth-order valence-electron chi connectivity index (χ4n) is 9.84. The standard InChI is InChI=1S/C62H41NO.CH4/c1-5-20-44(21-6-1)58-54-32-18-31-51(62(54)61(47-26-11-4-12-27-47)60(46-24-9-3-10-25-46)59(58)45-22-7-2-8-23-45)43-35-37-48(38-36-43)63(55-33-17-28-42-19-13-14-29-50(42)55)49-39-40-53-52-30-15-16-34-56(52)64-57(53)41-49;/h1-41H;1H4. The molecule has 12 rings (SSSR count). The monoisotopic (exact) mass is 831 g/mol. The number of furan rings is 1. The fraction of sp³-hybridized carbons (Fsp3) is 0.0159. The summed E-state index contributed by atoms with van der Waals surface area (Å²) >= 11 is 0. The summed E-state index contributed by atoms with van der Waals surface area (Å²) < 4.78 is 6.46. The van der Waals surface area contributed by atoms with Crippen LogP contribution < -0.4 is 4.90 Å². The average molecular weight is 832 g/mol. The van der Waals surface area contributed by atoms with Crippen LogP contribution in [0.3, 0.4) is 0 Å². The van der Waals surface area contributed by atoms with Crippen molar-refractivity contribution >= 4 is 60.5 Å². The van der Waals surface area contributed by atoms with Crippen LogP contribution in [0.4, 0.5) is 17.1 Å². The second-order valence-electron chi connectivity index (χ2n) is 16.4. The van der Waals surface area contributed by atoms with Gasteiger partial charge in [-0.3, -0.25) is 0 Å². The van der Waals surface area contributed by atoms with E-state index in [0.717, 1.165) is 44.6 Å². The van der Waals surface area contributed by atoms with E-state index in [1.54, 1.807) is 0 Å². The van der Waals surface area contributed by atoms with Crippen molar-refractivity contribution in [2.75, 3.05) is 4.90 Å². The Morgan fingerprint density at radius 1 is 0.292 bits per heavy atom. The molecule has 1 heterocycles. The predicted molar refractivity (Wildman–Crippen MR) is 277 cm³/mol. The maximum Gasteiger partial charge on any atom is 0.137 e. The lowest BCUT2D eigenvalue weighted by Crippen LogP contribution is -2.10. The topological polar surface area (TPSA) is 16.4 Å². The van der Waals surface area contributed by atoms with E-state index >= 15 is 0 Å².